The molecule has 1 amide bonds. The van der Waals surface area contributed by atoms with Crippen molar-refractivity contribution in [2.75, 3.05) is 26.0 Å². The van der Waals surface area contributed by atoms with Crippen molar-refractivity contribution in [3.63, 3.8) is 0 Å². The van der Waals surface area contributed by atoms with Crippen LogP contribution in [0.15, 0.2) is 48.7 Å². The summed E-state index contributed by atoms with van der Waals surface area (Å²) in [5.41, 5.74) is 4.52. The minimum atomic E-state index is -0.114. The van der Waals surface area contributed by atoms with Crippen molar-refractivity contribution in [3.05, 3.63) is 60.0 Å². The molecule has 150 valence electrons. The number of carbonyl (C=O) groups is 1. The number of carbonyl (C=O) groups excluding carboxylic acids is 1. The van der Waals surface area contributed by atoms with Gasteiger partial charge in [0.05, 0.1) is 11.0 Å². The van der Waals surface area contributed by atoms with Crippen LogP contribution in [0.2, 0.25) is 0 Å². The second kappa shape index (κ2) is 7.72. The molecule has 2 aromatic carbocycles. The summed E-state index contributed by atoms with van der Waals surface area (Å²) in [6.07, 6.45) is 3.07. The minimum Gasteiger partial charge on any atom is -0.351 e. The first-order valence-electron chi connectivity index (χ1n) is 9.90. The van der Waals surface area contributed by atoms with E-state index in [-0.39, 0.29) is 5.91 Å². The van der Waals surface area contributed by atoms with Crippen molar-refractivity contribution in [1.29, 1.82) is 0 Å². The lowest BCUT2D eigenvalue weighted by molar-refractivity contribution is 0.102. The second-order valence-corrected chi connectivity index (χ2v) is 7.83. The Balaban J connectivity index is 1.53. The third kappa shape index (κ3) is 3.89. The summed E-state index contributed by atoms with van der Waals surface area (Å²) < 4.78 is 4.29. The number of hydrogen-bond donors (Lipinski definition) is 1. The largest absolute Gasteiger partial charge is 0.351 e. The van der Waals surface area contributed by atoms with Crippen LogP contribution in [0.1, 0.15) is 22.6 Å². The molecule has 6 nitrogen and oxygen atoms in total. The zero-order chi connectivity index (χ0) is 20.5. The van der Waals surface area contributed by atoms with E-state index in [2.05, 4.69) is 28.9 Å². The van der Waals surface area contributed by atoms with Crippen LogP contribution in [0.3, 0.4) is 0 Å². The molecule has 0 bridgehead atoms. The molecule has 4 aromatic rings. The highest BCUT2D eigenvalue weighted by atomic mass is 16.1. The zero-order valence-corrected chi connectivity index (χ0v) is 17.4. The molecule has 0 aliphatic carbocycles. The van der Waals surface area contributed by atoms with Gasteiger partial charge in [0.1, 0.15) is 5.82 Å². The number of aryl methyl sites for hydroxylation is 3. The maximum Gasteiger partial charge on any atom is 0.255 e. The molecule has 0 fully saturated rings. The van der Waals surface area contributed by atoms with Crippen LogP contribution in [0.4, 0.5) is 5.69 Å². The SMILES string of the molecule is Cc1nc2cc(NC(=O)c3ccc4c(ccn4C)c3)ccc2n1CCCN(C)C. The zero-order valence-electron chi connectivity index (χ0n) is 17.4. The van der Waals surface area contributed by atoms with Gasteiger partial charge in [-0.05, 0) is 76.4 Å². The van der Waals surface area contributed by atoms with Crippen molar-refractivity contribution in [3.8, 4) is 0 Å². The third-order valence-corrected chi connectivity index (χ3v) is 5.33. The monoisotopic (exact) mass is 389 g/mol. The summed E-state index contributed by atoms with van der Waals surface area (Å²) in [7, 11) is 6.17. The number of imidazole rings is 1. The average molecular weight is 390 g/mol. The fourth-order valence-electron chi connectivity index (χ4n) is 3.78. The van der Waals surface area contributed by atoms with Gasteiger partial charge >= 0.3 is 0 Å². The Morgan fingerprint density at radius 3 is 2.69 bits per heavy atom. The van der Waals surface area contributed by atoms with E-state index in [0.29, 0.717) is 5.56 Å². The average Bonchev–Trinajstić information content (AvgIpc) is 3.20. The summed E-state index contributed by atoms with van der Waals surface area (Å²) in [6, 6.07) is 13.7. The first-order valence-corrected chi connectivity index (χ1v) is 9.90. The number of nitrogens with zero attached hydrogens (tertiary/aromatic N) is 4. The van der Waals surface area contributed by atoms with Crippen molar-refractivity contribution < 1.29 is 4.79 Å². The van der Waals surface area contributed by atoms with Crippen LogP contribution in [0, 0.1) is 6.92 Å². The van der Waals surface area contributed by atoms with Crippen molar-refractivity contribution in [1.82, 2.24) is 19.0 Å². The van der Waals surface area contributed by atoms with E-state index in [4.69, 9.17) is 4.98 Å². The van der Waals surface area contributed by atoms with E-state index in [1.54, 1.807) is 0 Å². The molecule has 0 radical (unpaired) electrons. The minimum absolute atomic E-state index is 0.114. The highest BCUT2D eigenvalue weighted by Gasteiger charge is 2.11. The highest BCUT2D eigenvalue weighted by Crippen LogP contribution is 2.22. The van der Waals surface area contributed by atoms with Crippen molar-refractivity contribution in [2.45, 2.75) is 19.9 Å². The Labute approximate surface area is 170 Å². The number of nitrogens with one attached hydrogen (secondary N) is 1. The van der Waals surface area contributed by atoms with E-state index in [0.717, 1.165) is 53.0 Å². The van der Waals surface area contributed by atoms with Crippen LogP contribution in [-0.4, -0.2) is 45.6 Å². The smallest absolute Gasteiger partial charge is 0.255 e. The molecule has 0 aliphatic rings. The van der Waals surface area contributed by atoms with E-state index in [9.17, 15) is 4.79 Å². The van der Waals surface area contributed by atoms with Crippen molar-refractivity contribution >= 4 is 33.5 Å². The Morgan fingerprint density at radius 1 is 1.10 bits per heavy atom. The van der Waals surface area contributed by atoms with Crippen LogP contribution in [-0.2, 0) is 13.6 Å². The fraction of sp³-hybridized carbons (Fsp3) is 0.304. The molecule has 4 rings (SSSR count). The molecule has 1 N–H and O–H groups in total. The van der Waals surface area contributed by atoms with E-state index in [1.807, 2.05) is 67.2 Å². The predicted octanol–water partition coefficient (Wildman–Crippen LogP) is 4.04. The van der Waals surface area contributed by atoms with Gasteiger partial charge in [-0.2, -0.15) is 0 Å². The molecule has 29 heavy (non-hydrogen) atoms. The Kier molecular flexibility index (Phi) is 5.11. The molecule has 2 heterocycles. The normalized spacial score (nSPS) is 11.6. The molecular weight excluding hydrogens is 362 g/mol. The molecule has 0 spiro atoms. The second-order valence-electron chi connectivity index (χ2n) is 7.83. The first kappa shape index (κ1) is 19.2. The fourth-order valence-corrected chi connectivity index (χ4v) is 3.78. The summed E-state index contributed by atoms with van der Waals surface area (Å²) in [6.45, 7) is 4.01. The number of fused-ring (bicyclic) bond motifs is 2. The number of hydrogen-bond acceptors (Lipinski definition) is 3. The summed E-state index contributed by atoms with van der Waals surface area (Å²) in [5, 5.41) is 4.07. The van der Waals surface area contributed by atoms with Gasteiger partial charge in [0.15, 0.2) is 0 Å². The molecule has 0 aliphatic heterocycles. The molecule has 2 aromatic heterocycles. The van der Waals surface area contributed by atoms with E-state index >= 15 is 0 Å². The third-order valence-electron chi connectivity index (χ3n) is 5.33. The summed E-state index contributed by atoms with van der Waals surface area (Å²) in [4.78, 5) is 19.6. The summed E-state index contributed by atoms with van der Waals surface area (Å²) >= 11 is 0. The molecular formula is C23H27N5O. The van der Waals surface area contributed by atoms with Gasteiger partial charge in [-0.1, -0.05) is 0 Å². The van der Waals surface area contributed by atoms with Gasteiger partial charge in [-0.3, -0.25) is 4.79 Å². The lowest BCUT2D eigenvalue weighted by atomic mass is 10.1. The van der Waals surface area contributed by atoms with E-state index in [1.165, 1.54) is 0 Å². The van der Waals surface area contributed by atoms with Gasteiger partial charge in [0, 0.05) is 41.9 Å². The van der Waals surface area contributed by atoms with E-state index < -0.39 is 0 Å². The number of anilines is 1. The molecule has 0 saturated heterocycles. The molecule has 0 atom stereocenters. The van der Waals surface area contributed by atoms with Gasteiger partial charge < -0.3 is 19.4 Å². The standard InChI is InChI=1S/C23H27N5O/c1-16-24-20-15-19(7-9-22(20)28(16)12-5-11-26(2)3)25-23(29)18-6-8-21-17(14-18)10-13-27(21)4/h6-10,13-15H,5,11-12H2,1-4H3,(H,25,29). The molecule has 0 unspecified atom stereocenters. The number of benzene rings is 2. The number of aromatic nitrogens is 3. The Hall–Kier alpha value is -3.12. The quantitative estimate of drug-likeness (QED) is 0.541. The van der Waals surface area contributed by atoms with Crippen LogP contribution < -0.4 is 5.32 Å². The van der Waals surface area contributed by atoms with Crippen LogP contribution in [0.5, 0.6) is 0 Å². The summed E-state index contributed by atoms with van der Waals surface area (Å²) in [5.74, 6) is 0.883. The Bertz CT molecular complexity index is 1180. The highest BCUT2D eigenvalue weighted by molar-refractivity contribution is 6.06. The van der Waals surface area contributed by atoms with Gasteiger partial charge in [0.25, 0.3) is 5.91 Å². The van der Waals surface area contributed by atoms with Gasteiger partial charge in [0.2, 0.25) is 0 Å². The first-order chi connectivity index (χ1) is 13.9. The Morgan fingerprint density at radius 2 is 1.90 bits per heavy atom. The van der Waals surface area contributed by atoms with Crippen molar-refractivity contribution in [2.24, 2.45) is 7.05 Å². The number of amides is 1. The lowest BCUT2D eigenvalue weighted by Crippen LogP contribution is -2.15. The topological polar surface area (TPSA) is 55.1 Å². The predicted molar refractivity (Wildman–Crippen MR) is 119 cm³/mol. The maximum absolute atomic E-state index is 12.7. The van der Waals surface area contributed by atoms with Gasteiger partial charge in [-0.25, -0.2) is 4.98 Å². The molecule has 0 saturated carbocycles. The van der Waals surface area contributed by atoms with Crippen LogP contribution >= 0.6 is 0 Å². The number of rotatable bonds is 6. The van der Waals surface area contributed by atoms with Crippen LogP contribution in [0.25, 0.3) is 21.9 Å². The molecule has 6 heteroatoms. The van der Waals surface area contributed by atoms with Gasteiger partial charge in [-0.15, -0.1) is 0 Å². The lowest BCUT2D eigenvalue weighted by Gasteiger charge is -2.11. The maximum atomic E-state index is 12.7.